The number of Topliss-reactive ketones (excluding diaryl/α,β-unsaturated/α-hetero) is 1. The maximum Gasteiger partial charge on any atom is 0.184 e. The van der Waals surface area contributed by atoms with E-state index in [2.05, 4.69) is 40.7 Å². The number of fused-ring (bicyclic) bond motifs is 1. The Hall–Kier alpha value is -2.04. The van der Waals surface area contributed by atoms with Crippen LogP contribution in [0.1, 0.15) is 77.7 Å². The molecule has 2 aromatic heterocycles. The van der Waals surface area contributed by atoms with Crippen molar-refractivity contribution >= 4 is 27.2 Å². The van der Waals surface area contributed by atoms with Crippen LogP contribution in [0.2, 0.25) is 0 Å². The molecule has 0 aliphatic heterocycles. The summed E-state index contributed by atoms with van der Waals surface area (Å²) in [6, 6.07) is 13.1. The van der Waals surface area contributed by atoms with Crippen molar-refractivity contribution in [1.82, 2.24) is 4.98 Å². The van der Waals surface area contributed by atoms with Crippen molar-refractivity contribution in [1.29, 1.82) is 0 Å². The van der Waals surface area contributed by atoms with Crippen LogP contribution < -0.4 is 5.73 Å². The van der Waals surface area contributed by atoms with Gasteiger partial charge in [-0.15, -0.1) is 11.3 Å². The van der Waals surface area contributed by atoms with E-state index in [-0.39, 0.29) is 11.7 Å². The summed E-state index contributed by atoms with van der Waals surface area (Å²) in [5.41, 5.74) is 9.91. The van der Waals surface area contributed by atoms with Crippen molar-refractivity contribution in [3.63, 3.8) is 0 Å². The normalized spacial score (nSPS) is 22.5. The number of rotatable bonds is 5. The predicted molar refractivity (Wildman–Crippen MR) is 115 cm³/mol. The van der Waals surface area contributed by atoms with Gasteiger partial charge in [0, 0.05) is 17.2 Å². The molecule has 2 heterocycles. The van der Waals surface area contributed by atoms with Crippen molar-refractivity contribution in [2.45, 2.75) is 56.9 Å². The van der Waals surface area contributed by atoms with E-state index < -0.39 is 0 Å². The van der Waals surface area contributed by atoms with Gasteiger partial charge in [0.15, 0.2) is 5.78 Å². The van der Waals surface area contributed by atoms with Crippen LogP contribution in [0.5, 0.6) is 0 Å². The van der Waals surface area contributed by atoms with Crippen LogP contribution in [0.3, 0.4) is 0 Å². The van der Waals surface area contributed by atoms with Gasteiger partial charge in [-0.1, -0.05) is 18.2 Å². The molecule has 2 fully saturated rings. The highest BCUT2D eigenvalue weighted by Crippen LogP contribution is 2.43. The Kier molecular flexibility index (Phi) is 4.77. The number of benzene rings is 1. The fraction of sp³-hybridized carbons (Fsp3) is 0.417. The lowest BCUT2D eigenvalue weighted by atomic mass is 9.76. The minimum atomic E-state index is 0.111. The minimum absolute atomic E-state index is 0.111. The first kappa shape index (κ1) is 18.0. The fourth-order valence-electron chi connectivity index (χ4n) is 4.65. The zero-order chi connectivity index (χ0) is 19.1. The molecule has 0 saturated heterocycles. The number of nitrogens with zero attached hydrogens (tertiary/aromatic N) is 1. The first-order chi connectivity index (χ1) is 13.7. The summed E-state index contributed by atoms with van der Waals surface area (Å²) < 4.78 is 1.37. The summed E-state index contributed by atoms with van der Waals surface area (Å²) in [4.78, 5) is 18.0. The third-order valence-corrected chi connectivity index (χ3v) is 7.37. The highest BCUT2D eigenvalue weighted by molar-refractivity contribution is 7.17. The third kappa shape index (κ3) is 3.40. The van der Waals surface area contributed by atoms with E-state index in [0.29, 0.717) is 24.1 Å². The van der Waals surface area contributed by atoms with Crippen LogP contribution in [0.25, 0.3) is 10.1 Å². The number of hydrogen-bond acceptors (Lipinski definition) is 4. The number of ketones is 1. The molecule has 2 aliphatic rings. The number of pyridine rings is 1. The van der Waals surface area contributed by atoms with E-state index in [4.69, 9.17) is 5.73 Å². The molecule has 5 rings (SSSR count). The van der Waals surface area contributed by atoms with Crippen LogP contribution in [-0.2, 0) is 6.54 Å². The topological polar surface area (TPSA) is 56.0 Å². The molecule has 0 amide bonds. The van der Waals surface area contributed by atoms with E-state index in [1.807, 2.05) is 17.4 Å². The molecular formula is C24H26N2OS. The first-order valence-electron chi connectivity index (χ1n) is 10.4. The van der Waals surface area contributed by atoms with Crippen LogP contribution in [0.15, 0.2) is 41.8 Å². The molecule has 0 unspecified atom stereocenters. The molecule has 144 valence electrons. The molecule has 4 heteroatoms. The molecule has 2 saturated carbocycles. The molecule has 3 aromatic rings. The van der Waals surface area contributed by atoms with Crippen LogP contribution in [0, 0.1) is 5.92 Å². The molecule has 0 atom stereocenters. The van der Waals surface area contributed by atoms with Crippen LogP contribution in [-0.4, -0.2) is 10.8 Å². The fourth-order valence-corrected chi connectivity index (χ4v) is 5.49. The van der Waals surface area contributed by atoms with Crippen molar-refractivity contribution < 1.29 is 4.79 Å². The lowest BCUT2D eigenvalue weighted by Crippen LogP contribution is -2.23. The van der Waals surface area contributed by atoms with E-state index in [9.17, 15) is 4.79 Å². The second-order valence-electron chi connectivity index (χ2n) is 8.35. The van der Waals surface area contributed by atoms with Gasteiger partial charge in [-0.05, 0) is 90.5 Å². The Morgan fingerprint density at radius 1 is 1.00 bits per heavy atom. The molecule has 0 spiro atoms. The summed E-state index contributed by atoms with van der Waals surface area (Å²) >= 11 is 1.81. The van der Waals surface area contributed by atoms with Crippen molar-refractivity contribution in [2.24, 2.45) is 11.7 Å². The SMILES string of the molecule is NCc1ccc(C2CC2)c(C(=O)C2CCC(c3ccc4ccsc4c3)CC2)n1. The number of thiophene rings is 1. The average molecular weight is 391 g/mol. The third-order valence-electron chi connectivity index (χ3n) is 6.49. The minimum Gasteiger partial charge on any atom is -0.325 e. The Morgan fingerprint density at radius 2 is 1.79 bits per heavy atom. The van der Waals surface area contributed by atoms with Gasteiger partial charge in [0.2, 0.25) is 0 Å². The molecule has 0 bridgehead atoms. The molecule has 28 heavy (non-hydrogen) atoms. The summed E-state index contributed by atoms with van der Waals surface area (Å²) in [5.74, 6) is 1.47. The molecule has 0 radical (unpaired) electrons. The maximum absolute atomic E-state index is 13.3. The Labute approximate surface area is 170 Å². The number of aromatic nitrogens is 1. The van der Waals surface area contributed by atoms with Gasteiger partial charge in [0.05, 0.1) is 5.69 Å². The molecular weight excluding hydrogens is 364 g/mol. The van der Waals surface area contributed by atoms with Crippen LogP contribution >= 0.6 is 11.3 Å². The second-order valence-corrected chi connectivity index (χ2v) is 9.30. The van der Waals surface area contributed by atoms with E-state index in [0.717, 1.165) is 36.9 Å². The standard InChI is InChI=1S/C24H26N2OS/c25-14-20-9-10-21(16-3-4-16)23(26-20)24(27)18-6-1-15(2-7-18)19-8-5-17-11-12-28-22(17)13-19/h5,8-13,15-16,18H,1-4,6-7,14,25H2. The maximum atomic E-state index is 13.3. The van der Waals surface area contributed by atoms with Gasteiger partial charge in [-0.3, -0.25) is 4.79 Å². The highest BCUT2D eigenvalue weighted by atomic mass is 32.1. The van der Waals surface area contributed by atoms with E-state index in [1.54, 1.807) is 0 Å². The zero-order valence-electron chi connectivity index (χ0n) is 16.1. The smallest absolute Gasteiger partial charge is 0.184 e. The predicted octanol–water partition coefficient (Wildman–Crippen LogP) is 5.79. The molecule has 1 aromatic carbocycles. The summed E-state index contributed by atoms with van der Waals surface area (Å²) in [7, 11) is 0. The quantitative estimate of drug-likeness (QED) is 0.561. The van der Waals surface area contributed by atoms with E-state index >= 15 is 0 Å². The summed E-state index contributed by atoms with van der Waals surface area (Å²) in [5, 5.41) is 3.49. The monoisotopic (exact) mass is 390 g/mol. The van der Waals surface area contributed by atoms with Gasteiger partial charge >= 0.3 is 0 Å². The summed E-state index contributed by atoms with van der Waals surface area (Å²) in [6.45, 7) is 0.392. The lowest BCUT2D eigenvalue weighted by Gasteiger charge is -2.28. The molecule has 2 aliphatic carbocycles. The Morgan fingerprint density at radius 3 is 2.54 bits per heavy atom. The zero-order valence-corrected chi connectivity index (χ0v) is 16.9. The van der Waals surface area contributed by atoms with Gasteiger partial charge in [-0.25, -0.2) is 4.98 Å². The number of carbonyl (C=O) groups is 1. The number of hydrogen-bond donors (Lipinski definition) is 1. The van der Waals surface area contributed by atoms with Crippen molar-refractivity contribution in [2.75, 3.05) is 0 Å². The van der Waals surface area contributed by atoms with Gasteiger partial charge < -0.3 is 5.73 Å². The second kappa shape index (κ2) is 7.41. The van der Waals surface area contributed by atoms with Crippen LogP contribution in [0.4, 0.5) is 0 Å². The van der Waals surface area contributed by atoms with Gasteiger partial charge in [0.1, 0.15) is 5.69 Å². The lowest BCUT2D eigenvalue weighted by molar-refractivity contribution is 0.0877. The van der Waals surface area contributed by atoms with Gasteiger partial charge in [-0.2, -0.15) is 0 Å². The average Bonchev–Trinajstić information content (AvgIpc) is 3.49. The Bertz CT molecular complexity index is 1010. The number of nitrogens with two attached hydrogens (primary N) is 1. The number of carbonyl (C=O) groups excluding carboxylic acids is 1. The summed E-state index contributed by atoms with van der Waals surface area (Å²) in [6.07, 6.45) is 6.46. The first-order valence-corrected chi connectivity index (χ1v) is 11.3. The Balaban J connectivity index is 1.32. The van der Waals surface area contributed by atoms with Crippen molar-refractivity contribution in [3.05, 3.63) is 64.3 Å². The molecule has 2 N–H and O–H groups in total. The van der Waals surface area contributed by atoms with Gasteiger partial charge in [0.25, 0.3) is 0 Å². The van der Waals surface area contributed by atoms with E-state index in [1.165, 1.54) is 28.5 Å². The largest absolute Gasteiger partial charge is 0.325 e. The van der Waals surface area contributed by atoms with Crippen molar-refractivity contribution in [3.8, 4) is 0 Å². The highest BCUT2D eigenvalue weighted by Gasteiger charge is 2.33. The molecule has 3 nitrogen and oxygen atoms in total.